The van der Waals surface area contributed by atoms with Gasteiger partial charge in [0.05, 0.1) is 34.7 Å². The molecule has 0 fully saturated rings. The fourth-order valence-electron chi connectivity index (χ4n) is 3.47. The number of aromatic nitrogens is 2. The molecule has 0 amide bonds. The minimum absolute atomic E-state index is 0. The van der Waals surface area contributed by atoms with Gasteiger partial charge in [-0.25, -0.2) is 0 Å². The Balaban J connectivity index is 0.00000103. The van der Waals surface area contributed by atoms with Gasteiger partial charge < -0.3 is 15.2 Å². The van der Waals surface area contributed by atoms with E-state index in [0.717, 1.165) is 6.20 Å². The summed E-state index contributed by atoms with van der Waals surface area (Å²) in [6.07, 6.45) is -20.5. The fourth-order valence-corrected chi connectivity index (χ4v) is 3.47. The van der Waals surface area contributed by atoms with Crippen molar-refractivity contribution in [2.75, 3.05) is 0 Å². The van der Waals surface area contributed by atoms with Crippen molar-refractivity contribution in [1.29, 1.82) is 0 Å². The molecule has 0 spiro atoms. The van der Waals surface area contributed by atoms with Crippen LogP contribution in [0.2, 0.25) is 0 Å². The van der Waals surface area contributed by atoms with Gasteiger partial charge in [-0.15, -0.1) is 23.8 Å². The van der Waals surface area contributed by atoms with E-state index in [-0.39, 0.29) is 68.3 Å². The number of halogens is 12. The van der Waals surface area contributed by atoms with Gasteiger partial charge >= 0.3 is 24.7 Å². The number of aryl methyl sites for hydroxylation is 1. The molecule has 2 atom stereocenters. The maximum absolute atomic E-state index is 13.3. The zero-order valence-electron chi connectivity index (χ0n) is 22.0. The van der Waals surface area contributed by atoms with Gasteiger partial charge in [0.2, 0.25) is 0 Å². The topological polar surface area (TPSA) is 66.2 Å². The molecule has 3 aromatic rings. The maximum atomic E-state index is 13.3. The number of benzene rings is 2. The molecule has 3 rings (SSSR count). The van der Waals surface area contributed by atoms with Crippen LogP contribution < -0.4 is 0 Å². The summed E-state index contributed by atoms with van der Waals surface area (Å²) in [4.78, 5) is 7.43. The van der Waals surface area contributed by atoms with Gasteiger partial charge in [-0.3, -0.25) is 4.98 Å². The summed E-state index contributed by atoms with van der Waals surface area (Å²) in [5, 5.41) is 17.1. The van der Waals surface area contributed by atoms with E-state index in [9.17, 15) is 52.7 Å². The Morgan fingerprint density at radius 1 is 0.674 bits per heavy atom. The van der Waals surface area contributed by atoms with E-state index in [1.165, 1.54) is 6.92 Å². The molecule has 0 aliphatic heterocycles. The summed E-state index contributed by atoms with van der Waals surface area (Å²) >= 11 is 0. The molecule has 17 heteroatoms. The van der Waals surface area contributed by atoms with Gasteiger partial charge in [0, 0.05) is 32.0 Å². The van der Waals surface area contributed by atoms with E-state index < -0.39 is 69.5 Å². The number of hydrogen-bond donors (Lipinski definition) is 2. The molecule has 0 aliphatic rings. The van der Waals surface area contributed by atoms with Crippen LogP contribution in [-0.2, 0) is 44.8 Å². The van der Waals surface area contributed by atoms with E-state index in [1.54, 1.807) is 19.9 Å². The van der Waals surface area contributed by atoms with Crippen molar-refractivity contribution in [3.63, 3.8) is 0 Å². The van der Waals surface area contributed by atoms with E-state index in [1.807, 2.05) is 0 Å². The van der Waals surface area contributed by atoms with Crippen LogP contribution in [0, 0.1) is 13.0 Å². The third kappa shape index (κ3) is 11.0. The maximum Gasteiger partial charge on any atom is 0.416 e. The average Bonchev–Trinajstić information content (AvgIpc) is 2.80. The molecule has 4 nitrogen and oxygen atoms in total. The number of hydrogen-bond acceptors (Lipinski definition) is 4. The quantitative estimate of drug-likeness (QED) is 0.207. The molecule has 2 aromatic carbocycles. The molecule has 0 bridgehead atoms. The molecule has 0 saturated carbocycles. The first-order chi connectivity index (χ1) is 18.9. The van der Waals surface area contributed by atoms with Gasteiger partial charge in [0.15, 0.2) is 0 Å². The summed E-state index contributed by atoms with van der Waals surface area (Å²) in [5.41, 5.74) is -10.8. The minimum Gasteiger partial charge on any atom is -0.393 e. The number of rotatable bonds is 4. The molecular formula is C26H21F12IrN2O2-. The summed E-state index contributed by atoms with van der Waals surface area (Å²) in [5.74, 6) is 0. The Bertz CT molecular complexity index is 1310. The molecular weight excluding hydrogens is 792 g/mol. The van der Waals surface area contributed by atoms with Crippen LogP contribution in [0.15, 0.2) is 36.5 Å². The molecule has 0 saturated heterocycles. The van der Waals surface area contributed by atoms with Crippen molar-refractivity contribution < 1.29 is 83.0 Å². The van der Waals surface area contributed by atoms with Crippen molar-refractivity contribution in [2.45, 2.75) is 64.1 Å². The Kier molecular flexibility index (Phi) is 12.4. The molecule has 2 unspecified atom stereocenters. The largest absolute Gasteiger partial charge is 0.416 e. The van der Waals surface area contributed by atoms with Crippen molar-refractivity contribution >= 4 is 0 Å². The predicted octanol–water partition coefficient (Wildman–Crippen LogP) is 8.13. The van der Waals surface area contributed by atoms with Gasteiger partial charge in [-0.1, -0.05) is 0 Å². The number of alkyl halides is 12. The van der Waals surface area contributed by atoms with E-state index >= 15 is 0 Å². The number of aliphatic hydroxyl groups excluding tert-OH is 2. The molecule has 1 radical (unpaired) electrons. The van der Waals surface area contributed by atoms with Crippen LogP contribution in [0.4, 0.5) is 52.7 Å². The second-order valence-corrected chi connectivity index (χ2v) is 9.13. The number of aliphatic hydroxyl groups is 2. The first-order valence-electron chi connectivity index (χ1n) is 11.6. The first kappa shape index (κ1) is 38.3. The van der Waals surface area contributed by atoms with Crippen molar-refractivity contribution in [1.82, 2.24) is 9.97 Å². The molecule has 1 heterocycles. The zero-order valence-corrected chi connectivity index (χ0v) is 24.4. The van der Waals surface area contributed by atoms with Crippen LogP contribution in [-0.4, -0.2) is 32.4 Å². The summed E-state index contributed by atoms with van der Waals surface area (Å²) in [6, 6.07) is 1.90. The Labute approximate surface area is 250 Å². The third-order valence-corrected chi connectivity index (χ3v) is 5.19. The fraction of sp³-hybridized carbons (Fsp3) is 0.385. The van der Waals surface area contributed by atoms with Crippen LogP contribution >= 0.6 is 0 Å². The number of nitrogens with zero attached hydrogens (tertiary/aromatic N) is 2. The minimum atomic E-state index is -5.31. The summed E-state index contributed by atoms with van der Waals surface area (Å²) in [6.45, 7) is 4.54. The molecule has 241 valence electrons. The second-order valence-electron chi connectivity index (χ2n) is 9.13. The standard InChI is InChI=1S/C21H9F12N2.C5H12O2.Ir/c1-9-8-34-16(10-2-12(18(22,23)24)6-13(3-10)19(25,26)27)17(35-9)11-4-14(20(28,29)30)7-15(5-11)21(31,32)33;1-4(6)3-5(2)7;/h2,4-8H,1H3;4-7H,3H2,1-2H3;/q-1;;. The predicted molar refractivity (Wildman–Crippen MR) is 124 cm³/mol. The van der Waals surface area contributed by atoms with E-state index in [0.29, 0.717) is 6.42 Å². The Morgan fingerprint density at radius 3 is 1.49 bits per heavy atom. The average molecular weight is 814 g/mol. The van der Waals surface area contributed by atoms with Gasteiger partial charge in [0.25, 0.3) is 0 Å². The summed E-state index contributed by atoms with van der Waals surface area (Å²) in [7, 11) is 0. The molecule has 0 aliphatic carbocycles. The van der Waals surface area contributed by atoms with Gasteiger partial charge in [-0.2, -0.15) is 52.7 Å². The summed E-state index contributed by atoms with van der Waals surface area (Å²) < 4.78 is 159. The first-order valence-corrected chi connectivity index (χ1v) is 11.6. The van der Waals surface area contributed by atoms with Crippen molar-refractivity contribution in [3.8, 4) is 22.5 Å². The van der Waals surface area contributed by atoms with Crippen molar-refractivity contribution in [2.24, 2.45) is 0 Å². The van der Waals surface area contributed by atoms with Crippen LogP contribution in [0.25, 0.3) is 22.5 Å². The van der Waals surface area contributed by atoms with Gasteiger partial charge in [-0.05, 0) is 62.1 Å². The Hall–Kier alpha value is -2.75. The normalized spacial score (nSPS) is 13.9. The monoisotopic (exact) mass is 814 g/mol. The molecule has 2 N–H and O–H groups in total. The molecule has 1 aromatic heterocycles. The third-order valence-electron chi connectivity index (χ3n) is 5.19. The second kappa shape index (κ2) is 13.9. The Morgan fingerprint density at radius 2 is 1.12 bits per heavy atom. The van der Waals surface area contributed by atoms with Crippen LogP contribution in [0.1, 0.15) is 48.2 Å². The molecule has 43 heavy (non-hydrogen) atoms. The van der Waals surface area contributed by atoms with Crippen LogP contribution in [0.5, 0.6) is 0 Å². The van der Waals surface area contributed by atoms with Gasteiger partial charge in [0.1, 0.15) is 0 Å². The van der Waals surface area contributed by atoms with E-state index in [4.69, 9.17) is 10.2 Å². The van der Waals surface area contributed by atoms with Crippen LogP contribution in [0.3, 0.4) is 0 Å². The smallest absolute Gasteiger partial charge is 0.393 e. The van der Waals surface area contributed by atoms with E-state index in [2.05, 4.69) is 9.97 Å². The zero-order chi connectivity index (χ0) is 32.4. The van der Waals surface area contributed by atoms with Crippen molar-refractivity contribution in [3.05, 3.63) is 70.5 Å². The SMILES string of the molecule is CC(O)CC(C)O.Cc1cnc(-c2[c-]c(C(F)(F)F)cc(C(F)(F)F)c2)c(-c2cc(C(F)(F)F)cc(C(F)(F)F)c2)n1.[Ir].